The van der Waals surface area contributed by atoms with Gasteiger partial charge in [0, 0.05) is 0 Å². The summed E-state index contributed by atoms with van der Waals surface area (Å²) in [6.07, 6.45) is 2.61. The number of primary amides is 1. The fraction of sp³-hybridized carbons (Fsp3) is 0.875. The monoisotopic (exact) mass is 184 g/mol. The molecule has 1 heterocycles. The third-order valence-corrected chi connectivity index (χ3v) is 2.58. The van der Waals surface area contributed by atoms with Gasteiger partial charge in [-0.3, -0.25) is 0 Å². The van der Waals surface area contributed by atoms with E-state index in [2.05, 4.69) is 5.32 Å². The van der Waals surface area contributed by atoms with Crippen LogP contribution in [0.15, 0.2) is 0 Å². The number of carbonyl (C=O) groups excluding carboxylic acids is 1. The van der Waals surface area contributed by atoms with Crippen LogP contribution in [0.5, 0.6) is 0 Å². The Labute approximate surface area is 106 Å². The normalized spacial score (nSPS) is 25.2. The molecule has 1 rings (SSSR count). The molecule has 1 amide bonds. The van der Waals surface area contributed by atoms with Crippen LogP contribution in [0.3, 0.4) is 0 Å². The zero-order valence-electron chi connectivity index (χ0n) is 8.99. The third-order valence-electron chi connectivity index (χ3n) is 2.58. The van der Waals surface area contributed by atoms with Crippen molar-refractivity contribution < 1.29 is 28.8 Å². The summed E-state index contributed by atoms with van der Waals surface area (Å²) in [7, 11) is 0. The van der Waals surface area contributed by atoms with Gasteiger partial charge in [0.25, 0.3) is 0 Å². The maximum absolute atomic E-state index is 10.5. The molecular weight excluding hydrogens is 170 g/mol. The molecule has 0 bridgehead atoms. The van der Waals surface area contributed by atoms with Gasteiger partial charge in [0.2, 0.25) is 0 Å². The van der Waals surface area contributed by atoms with E-state index in [0.29, 0.717) is 6.42 Å². The van der Waals surface area contributed by atoms with Crippen LogP contribution in [-0.4, -0.2) is 45.6 Å². The van der Waals surface area contributed by atoms with E-state index in [1.807, 2.05) is 0 Å². The number of carbonyl (C=O) groups is 1. The molecule has 6 heteroatoms. The molecule has 4 nitrogen and oxygen atoms in total. The van der Waals surface area contributed by atoms with Crippen LogP contribution in [0.25, 0.3) is 5.32 Å². The number of nitrogens with zero attached hydrogens (tertiary/aromatic N) is 1. The van der Waals surface area contributed by atoms with Crippen LogP contribution in [0, 0.1) is 0 Å². The van der Waals surface area contributed by atoms with E-state index in [0.717, 1.165) is 19.4 Å². The molecular formula is C8H14Li2N2O2. The molecule has 0 aliphatic carbocycles. The average Bonchev–Trinajstić information content (AvgIpc) is 2.53. The molecule has 1 fully saturated rings. The van der Waals surface area contributed by atoms with Crippen LogP contribution in [0.1, 0.15) is 25.7 Å². The SMILES string of the molecule is [Li+].[Li][C@](O)(CCC(N)=O)C1CCC[N-]1. The summed E-state index contributed by atoms with van der Waals surface area (Å²) in [5, 5.41) is 14.2. The van der Waals surface area contributed by atoms with Crippen LogP contribution in [0.2, 0.25) is 0 Å². The van der Waals surface area contributed by atoms with Crippen molar-refractivity contribution in [2.45, 2.75) is 36.0 Å². The van der Waals surface area contributed by atoms with Gasteiger partial charge in [-0.05, 0) is 0 Å². The van der Waals surface area contributed by atoms with Gasteiger partial charge in [-0.2, -0.15) is 0 Å². The van der Waals surface area contributed by atoms with Gasteiger partial charge >= 0.3 is 106 Å². The Balaban J connectivity index is 0.00000169. The Hall–Kier alpha value is 0.585. The van der Waals surface area contributed by atoms with Gasteiger partial charge in [-0.1, -0.05) is 0 Å². The van der Waals surface area contributed by atoms with E-state index in [-0.39, 0.29) is 37.2 Å². The quantitative estimate of drug-likeness (QED) is 0.448. The predicted octanol–water partition coefficient (Wildman–Crippen LogP) is -3.35. The molecule has 0 saturated carbocycles. The molecule has 1 saturated heterocycles. The summed E-state index contributed by atoms with van der Waals surface area (Å²) in [6.45, 7) is 0.831. The van der Waals surface area contributed by atoms with Crippen molar-refractivity contribution in [3.05, 3.63) is 5.32 Å². The van der Waals surface area contributed by atoms with Crippen LogP contribution >= 0.6 is 0 Å². The number of rotatable bonds is 4. The van der Waals surface area contributed by atoms with Crippen molar-refractivity contribution in [1.82, 2.24) is 0 Å². The van der Waals surface area contributed by atoms with E-state index in [4.69, 9.17) is 5.73 Å². The van der Waals surface area contributed by atoms with Crippen LogP contribution < -0.4 is 24.6 Å². The van der Waals surface area contributed by atoms with Crippen LogP contribution in [-0.2, 0) is 4.79 Å². The zero-order valence-corrected chi connectivity index (χ0v) is 8.99. The van der Waals surface area contributed by atoms with Crippen LogP contribution in [0.4, 0.5) is 0 Å². The van der Waals surface area contributed by atoms with E-state index >= 15 is 0 Å². The Bertz CT molecular complexity index is 194. The van der Waals surface area contributed by atoms with Crippen molar-refractivity contribution in [1.29, 1.82) is 0 Å². The van der Waals surface area contributed by atoms with Gasteiger partial charge in [0.05, 0.1) is 0 Å². The van der Waals surface area contributed by atoms with E-state index in [1.165, 1.54) is 0 Å². The third kappa shape index (κ3) is 4.40. The Kier molecular flexibility index (Phi) is 6.49. The molecule has 1 aliphatic heterocycles. The number of amides is 1. The molecule has 0 radical (unpaired) electrons. The first-order chi connectivity index (χ1) is 6.02. The van der Waals surface area contributed by atoms with Gasteiger partial charge in [0.1, 0.15) is 0 Å². The second-order valence-electron chi connectivity index (χ2n) is 3.89. The zero-order chi connectivity index (χ0) is 9.90. The Morgan fingerprint density at radius 2 is 2.36 bits per heavy atom. The van der Waals surface area contributed by atoms with Gasteiger partial charge in [-0.25, -0.2) is 0 Å². The summed E-state index contributed by atoms with van der Waals surface area (Å²) < 4.78 is -0.856. The summed E-state index contributed by atoms with van der Waals surface area (Å²) in [5.41, 5.74) is 5.02. The molecule has 1 aliphatic rings. The fourth-order valence-corrected chi connectivity index (χ4v) is 1.67. The first-order valence-electron chi connectivity index (χ1n) is 4.69. The molecule has 2 atom stereocenters. The summed E-state index contributed by atoms with van der Waals surface area (Å²) in [6, 6.07) is -0.00755. The molecule has 14 heavy (non-hydrogen) atoms. The van der Waals surface area contributed by atoms with Crippen molar-refractivity contribution >= 4 is 23.6 Å². The molecule has 0 aromatic carbocycles. The van der Waals surface area contributed by atoms with Crippen molar-refractivity contribution in [2.24, 2.45) is 5.73 Å². The van der Waals surface area contributed by atoms with Crippen molar-refractivity contribution in [3.63, 3.8) is 0 Å². The molecule has 0 aromatic rings. The number of nitrogens with two attached hydrogens (primary N) is 1. The summed E-state index contributed by atoms with van der Waals surface area (Å²) >= 11 is 1.73. The molecule has 3 N–H and O–H groups in total. The summed E-state index contributed by atoms with van der Waals surface area (Å²) in [4.78, 5) is 10.5. The Morgan fingerprint density at radius 1 is 1.71 bits per heavy atom. The molecule has 70 valence electrons. The van der Waals surface area contributed by atoms with Gasteiger partial charge in [-0.15, -0.1) is 0 Å². The first-order valence-corrected chi connectivity index (χ1v) is 4.69. The minimum absolute atomic E-state index is 0. The average molecular weight is 184 g/mol. The second kappa shape index (κ2) is 6.23. The van der Waals surface area contributed by atoms with E-state index in [1.54, 1.807) is 17.7 Å². The van der Waals surface area contributed by atoms with Crippen molar-refractivity contribution in [2.75, 3.05) is 6.54 Å². The van der Waals surface area contributed by atoms with E-state index < -0.39 is 4.27 Å². The number of hydrogen-bond donors (Lipinski definition) is 2. The molecule has 1 unspecified atom stereocenters. The van der Waals surface area contributed by atoms with Gasteiger partial charge in [0.15, 0.2) is 0 Å². The fourth-order valence-electron chi connectivity index (χ4n) is 1.67. The standard InChI is InChI=1S/C8H14N2O2.2Li/c9-8(12)4-3-7(11)6-2-1-5-10-6;;/h6,11H,1-5H2,(H2,9,12);;/q-1;;+1. The van der Waals surface area contributed by atoms with Gasteiger partial charge < -0.3 is 0 Å². The minimum atomic E-state index is -0.856. The predicted molar refractivity (Wildman–Crippen MR) is 50.4 cm³/mol. The summed E-state index contributed by atoms with van der Waals surface area (Å²) in [5.74, 6) is -0.363. The number of hydrogen-bond acceptors (Lipinski definition) is 2. The second-order valence-corrected chi connectivity index (χ2v) is 3.89. The number of aliphatic hydroxyl groups is 1. The maximum atomic E-state index is 10.5. The Morgan fingerprint density at radius 3 is 2.79 bits per heavy atom. The molecule has 0 spiro atoms. The van der Waals surface area contributed by atoms with E-state index in [9.17, 15) is 9.90 Å². The first kappa shape index (κ1) is 14.6. The topological polar surface area (TPSA) is 77.4 Å². The van der Waals surface area contributed by atoms with Crippen molar-refractivity contribution in [3.8, 4) is 0 Å². The molecule has 0 aromatic heterocycles.